The molecule has 3 N–H and O–H groups in total. The third-order valence-electron chi connectivity index (χ3n) is 4.27. The van der Waals surface area contributed by atoms with Crippen molar-refractivity contribution in [2.45, 2.75) is 36.8 Å². The van der Waals surface area contributed by atoms with Crippen molar-refractivity contribution >= 4 is 51.7 Å². The monoisotopic (exact) mass is 512 g/mol. The molecule has 0 amide bonds. The molecule has 1 saturated heterocycles. The number of hydrogen-bond donors (Lipinski definition) is 3. The molecule has 1 aliphatic heterocycles. The molecule has 2 rings (SSSR count). The molecule has 0 aromatic heterocycles. The summed E-state index contributed by atoms with van der Waals surface area (Å²) in [5, 5.41) is 6.69. The van der Waals surface area contributed by atoms with E-state index in [1.165, 1.54) is 25.6 Å². The minimum absolute atomic E-state index is 0. The van der Waals surface area contributed by atoms with Crippen LogP contribution in [0.1, 0.15) is 30.9 Å². The zero-order valence-electron chi connectivity index (χ0n) is 15.5. The quantitative estimate of drug-likeness (QED) is 0.297. The van der Waals surface area contributed by atoms with E-state index in [1.807, 2.05) is 36.0 Å². The summed E-state index contributed by atoms with van der Waals surface area (Å²) in [6, 6.07) is 7.58. The summed E-state index contributed by atoms with van der Waals surface area (Å²) < 4.78 is 26.0. The van der Waals surface area contributed by atoms with Crippen LogP contribution in [-0.4, -0.2) is 45.5 Å². The minimum Gasteiger partial charge on any atom is -0.355 e. The summed E-state index contributed by atoms with van der Waals surface area (Å²) in [5.74, 6) is 1.98. The van der Waals surface area contributed by atoms with E-state index < -0.39 is 10.0 Å². The van der Waals surface area contributed by atoms with E-state index >= 15 is 0 Å². The van der Waals surface area contributed by atoms with Crippen LogP contribution in [0.5, 0.6) is 0 Å². The standard InChI is InChI=1S/C17H28N4O2S2.HI/c1-17(8-5-9-24-17)13-21-16(18-2)20-11-14-6-4-7-15(10-14)12-25(22,23)19-3;/h4,6-7,10,19H,5,8-9,11-13H2,1-3H3,(H2,18,20,21);1H. The molecule has 0 saturated carbocycles. The molecule has 0 radical (unpaired) electrons. The van der Waals surface area contributed by atoms with Crippen molar-refractivity contribution in [1.82, 2.24) is 15.4 Å². The van der Waals surface area contributed by atoms with Gasteiger partial charge in [0.25, 0.3) is 0 Å². The maximum Gasteiger partial charge on any atom is 0.215 e. The smallest absolute Gasteiger partial charge is 0.215 e. The molecule has 26 heavy (non-hydrogen) atoms. The van der Waals surface area contributed by atoms with Crippen molar-refractivity contribution in [2.24, 2.45) is 4.99 Å². The highest BCUT2D eigenvalue weighted by atomic mass is 127. The average Bonchev–Trinajstić information content (AvgIpc) is 3.02. The number of aliphatic imine (C=N–C) groups is 1. The molecule has 148 valence electrons. The Hall–Kier alpha value is -0.520. The van der Waals surface area contributed by atoms with Gasteiger partial charge in [0.1, 0.15) is 0 Å². The first-order chi connectivity index (χ1) is 11.9. The minimum atomic E-state index is -3.26. The molecule has 1 atom stereocenters. The van der Waals surface area contributed by atoms with Crippen molar-refractivity contribution in [1.29, 1.82) is 0 Å². The zero-order chi connectivity index (χ0) is 18.3. The fourth-order valence-electron chi connectivity index (χ4n) is 2.77. The number of sulfonamides is 1. The second kappa shape index (κ2) is 10.7. The number of benzene rings is 1. The summed E-state index contributed by atoms with van der Waals surface area (Å²) in [4.78, 5) is 4.27. The predicted octanol–water partition coefficient (Wildman–Crippen LogP) is 2.30. The molecule has 0 spiro atoms. The fourth-order valence-corrected chi connectivity index (χ4v) is 4.78. The highest BCUT2D eigenvalue weighted by Crippen LogP contribution is 2.36. The second-order valence-corrected chi connectivity index (χ2v) is 10.1. The number of thioether (sulfide) groups is 1. The molecule has 1 fully saturated rings. The normalized spacial score (nSPS) is 20.5. The van der Waals surface area contributed by atoms with Gasteiger partial charge in [-0.1, -0.05) is 24.3 Å². The molecule has 1 unspecified atom stereocenters. The van der Waals surface area contributed by atoms with E-state index in [-0.39, 0.29) is 34.5 Å². The summed E-state index contributed by atoms with van der Waals surface area (Å²) in [6.07, 6.45) is 2.50. The Morgan fingerprint density at radius 2 is 2.04 bits per heavy atom. The lowest BCUT2D eigenvalue weighted by molar-refractivity contribution is 0.584. The Balaban J connectivity index is 0.00000338. The Kier molecular flexibility index (Phi) is 9.70. The van der Waals surface area contributed by atoms with E-state index in [1.54, 1.807) is 7.05 Å². The summed E-state index contributed by atoms with van der Waals surface area (Å²) in [5.41, 5.74) is 1.79. The molecule has 0 bridgehead atoms. The van der Waals surface area contributed by atoms with Crippen LogP contribution < -0.4 is 15.4 Å². The summed E-state index contributed by atoms with van der Waals surface area (Å²) >= 11 is 2.01. The van der Waals surface area contributed by atoms with Gasteiger partial charge in [-0.05, 0) is 43.7 Å². The van der Waals surface area contributed by atoms with Crippen LogP contribution in [0.25, 0.3) is 0 Å². The van der Waals surface area contributed by atoms with Crippen LogP contribution in [-0.2, 0) is 22.3 Å². The zero-order valence-corrected chi connectivity index (χ0v) is 19.5. The van der Waals surface area contributed by atoms with E-state index in [0.29, 0.717) is 6.54 Å². The molecule has 1 aromatic rings. The van der Waals surface area contributed by atoms with Crippen LogP contribution in [0.15, 0.2) is 29.3 Å². The molecule has 1 heterocycles. The Labute approximate surface area is 178 Å². The predicted molar refractivity (Wildman–Crippen MR) is 122 cm³/mol. The lowest BCUT2D eigenvalue weighted by atomic mass is 10.1. The first kappa shape index (κ1) is 23.5. The van der Waals surface area contributed by atoms with Gasteiger partial charge < -0.3 is 10.6 Å². The lowest BCUT2D eigenvalue weighted by Crippen LogP contribution is -2.43. The van der Waals surface area contributed by atoms with Crippen molar-refractivity contribution in [3.8, 4) is 0 Å². The van der Waals surface area contributed by atoms with Gasteiger partial charge in [0.15, 0.2) is 5.96 Å². The maximum atomic E-state index is 11.7. The maximum absolute atomic E-state index is 11.7. The third-order valence-corrected chi connectivity index (χ3v) is 7.15. The van der Waals surface area contributed by atoms with Gasteiger partial charge in [0.05, 0.1) is 5.75 Å². The number of rotatable bonds is 7. The third kappa shape index (κ3) is 7.61. The molecular weight excluding hydrogens is 483 g/mol. The van der Waals surface area contributed by atoms with Crippen molar-refractivity contribution in [2.75, 3.05) is 26.4 Å². The highest BCUT2D eigenvalue weighted by molar-refractivity contribution is 14.0. The Bertz CT molecular complexity index is 704. The molecule has 9 heteroatoms. The van der Waals surface area contributed by atoms with Gasteiger partial charge in [-0.25, -0.2) is 13.1 Å². The number of nitrogens with one attached hydrogen (secondary N) is 3. The molecule has 1 aromatic carbocycles. The van der Waals surface area contributed by atoms with Crippen LogP contribution >= 0.6 is 35.7 Å². The fraction of sp³-hybridized carbons (Fsp3) is 0.588. The van der Waals surface area contributed by atoms with Gasteiger partial charge in [0.2, 0.25) is 10.0 Å². The Morgan fingerprint density at radius 3 is 2.65 bits per heavy atom. The summed E-state index contributed by atoms with van der Waals surface area (Å²) in [7, 11) is -0.0696. The number of nitrogens with zero attached hydrogens (tertiary/aromatic N) is 1. The Morgan fingerprint density at radius 1 is 1.31 bits per heavy atom. The largest absolute Gasteiger partial charge is 0.355 e. The van der Waals surface area contributed by atoms with Crippen LogP contribution in [0.3, 0.4) is 0 Å². The number of hydrogen-bond acceptors (Lipinski definition) is 4. The first-order valence-electron chi connectivity index (χ1n) is 8.43. The number of guanidine groups is 1. The van der Waals surface area contributed by atoms with E-state index in [0.717, 1.165) is 23.6 Å². The van der Waals surface area contributed by atoms with E-state index in [9.17, 15) is 8.42 Å². The van der Waals surface area contributed by atoms with Crippen molar-refractivity contribution in [3.63, 3.8) is 0 Å². The molecular formula is C17H29IN4O2S2. The molecule has 1 aliphatic rings. The van der Waals surface area contributed by atoms with Gasteiger partial charge in [-0.2, -0.15) is 11.8 Å². The van der Waals surface area contributed by atoms with Crippen molar-refractivity contribution in [3.05, 3.63) is 35.4 Å². The van der Waals surface area contributed by atoms with Crippen molar-refractivity contribution < 1.29 is 8.42 Å². The van der Waals surface area contributed by atoms with Crippen LogP contribution in [0, 0.1) is 0 Å². The summed E-state index contributed by atoms with van der Waals surface area (Å²) in [6.45, 7) is 3.77. The van der Waals surface area contributed by atoms with Gasteiger partial charge in [-0.15, -0.1) is 24.0 Å². The number of halogens is 1. The first-order valence-corrected chi connectivity index (χ1v) is 11.1. The van der Waals surface area contributed by atoms with Crippen LogP contribution in [0.4, 0.5) is 0 Å². The van der Waals surface area contributed by atoms with E-state index in [4.69, 9.17) is 0 Å². The van der Waals surface area contributed by atoms with Crippen LogP contribution in [0.2, 0.25) is 0 Å². The van der Waals surface area contributed by atoms with E-state index in [2.05, 4.69) is 27.3 Å². The van der Waals surface area contributed by atoms with Gasteiger partial charge >= 0.3 is 0 Å². The SMILES string of the molecule is CN=C(NCc1cccc(CS(=O)(=O)NC)c1)NCC1(C)CCCS1.I. The lowest BCUT2D eigenvalue weighted by Gasteiger charge is -2.24. The molecule has 6 nitrogen and oxygen atoms in total. The molecule has 0 aliphatic carbocycles. The van der Waals surface area contributed by atoms with Gasteiger partial charge in [-0.3, -0.25) is 4.99 Å². The van der Waals surface area contributed by atoms with Gasteiger partial charge in [0, 0.05) is 24.9 Å². The highest BCUT2D eigenvalue weighted by Gasteiger charge is 2.29. The second-order valence-electron chi connectivity index (χ2n) is 6.46. The topological polar surface area (TPSA) is 82.6 Å². The average molecular weight is 512 g/mol.